The van der Waals surface area contributed by atoms with Crippen molar-refractivity contribution in [2.24, 2.45) is 0 Å². The first kappa shape index (κ1) is 23.6. The number of benzene rings is 2. The first-order valence-corrected chi connectivity index (χ1v) is 12.3. The minimum Gasteiger partial charge on any atom is -0.496 e. The highest BCUT2D eigenvalue weighted by molar-refractivity contribution is 5.94. The Labute approximate surface area is 210 Å². The molecule has 0 radical (unpaired) electrons. The molecule has 1 saturated heterocycles. The lowest BCUT2D eigenvalue weighted by Gasteiger charge is -2.32. The SMILES string of the molecule is COc1ccccc1CC(=O)N1CCC(c2ccc(C(=O)NCc3ccn4ccnc4c3)cc2)CC1. The van der Waals surface area contributed by atoms with Gasteiger partial charge in [-0.05, 0) is 60.2 Å². The van der Waals surface area contributed by atoms with E-state index in [2.05, 4.69) is 10.3 Å². The van der Waals surface area contributed by atoms with E-state index in [4.69, 9.17) is 4.74 Å². The number of para-hydroxylation sites is 1. The number of amides is 2. The smallest absolute Gasteiger partial charge is 0.251 e. The Bertz CT molecular complexity index is 1350. The molecular formula is C29H30N4O3. The van der Waals surface area contributed by atoms with Crippen molar-refractivity contribution < 1.29 is 14.3 Å². The molecule has 0 atom stereocenters. The van der Waals surface area contributed by atoms with Crippen molar-refractivity contribution in [1.82, 2.24) is 19.6 Å². The minimum atomic E-state index is -0.0958. The molecule has 36 heavy (non-hydrogen) atoms. The molecule has 1 N–H and O–H groups in total. The van der Waals surface area contributed by atoms with Crippen molar-refractivity contribution in [1.29, 1.82) is 0 Å². The van der Waals surface area contributed by atoms with Crippen LogP contribution in [0.5, 0.6) is 5.75 Å². The number of carbonyl (C=O) groups is 2. The Morgan fingerprint density at radius 1 is 1.03 bits per heavy atom. The summed E-state index contributed by atoms with van der Waals surface area (Å²) >= 11 is 0. The van der Waals surface area contributed by atoms with E-state index in [9.17, 15) is 9.59 Å². The predicted octanol–water partition coefficient (Wildman–Crippen LogP) is 4.22. The second-order valence-corrected chi connectivity index (χ2v) is 9.18. The lowest BCUT2D eigenvalue weighted by atomic mass is 9.88. The van der Waals surface area contributed by atoms with E-state index in [1.54, 1.807) is 13.3 Å². The van der Waals surface area contributed by atoms with Gasteiger partial charge in [0.05, 0.1) is 13.5 Å². The van der Waals surface area contributed by atoms with Gasteiger partial charge in [-0.25, -0.2) is 4.98 Å². The molecule has 0 unspecified atom stereocenters. The third-order valence-electron chi connectivity index (χ3n) is 6.94. The summed E-state index contributed by atoms with van der Waals surface area (Å²) in [5, 5.41) is 2.99. The van der Waals surface area contributed by atoms with Crippen LogP contribution in [0.15, 0.2) is 79.3 Å². The zero-order valence-electron chi connectivity index (χ0n) is 20.4. The van der Waals surface area contributed by atoms with E-state index in [0.717, 1.165) is 48.5 Å². The molecule has 2 aromatic heterocycles. The summed E-state index contributed by atoms with van der Waals surface area (Å²) in [4.78, 5) is 31.7. The van der Waals surface area contributed by atoms with Crippen LogP contribution in [-0.4, -0.2) is 46.3 Å². The van der Waals surface area contributed by atoms with Crippen molar-refractivity contribution in [3.05, 3.63) is 102 Å². The van der Waals surface area contributed by atoms with Gasteiger partial charge in [0.25, 0.3) is 5.91 Å². The summed E-state index contributed by atoms with van der Waals surface area (Å²) < 4.78 is 7.32. The number of nitrogens with one attached hydrogen (secondary N) is 1. The standard InChI is InChI=1S/C29H30N4O3/c1-36-26-5-3-2-4-25(26)19-28(34)33-15-11-23(12-16-33)22-6-8-24(9-7-22)29(35)31-20-21-10-14-32-17-13-30-27(32)18-21/h2-10,13-14,17-18,23H,11-12,15-16,19-20H2,1H3,(H,31,35). The Hall–Kier alpha value is -4.13. The van der Waals surface area contributed by atoms with E-state index >= 15 is 0 Å². The molecule has 1 aliphatic heterocycles. The number of likely N-dealkylation sites (tertiary alicyclic amines) is 1. The van der Waals surface area contributed by atoms with Crippen LogP contribution >= 0.6 is 0 Å². The Morgan fingerprint density at radius 3 is 2.58 bits per heavy atom. The van der Waals surface area contributed by atoms with E-state index in [1.807, 2.05) is 82.4 Å². The quantitative estimate of drug-likeness (QED) is 0.428. The maximum atomic E-state index is 12.8. The molecule has 2 amide bonds. The van der Waals surface area contributed by atoms with Crippen molar-refractivity contribution in [2.45, 2.75) is 31.7 Å². The maximum absolute atomic E-state index is 12.8. The van der Waals surface area contributed by atoms with Crippen LogP contribution in [0.3, 0.4) is 0 Å². The summed E-state index contributed by atoms with van der Waals surface area (Å²) in [7, 11) is 1.63. The number of aromatic nitrogens is 2. The molecule has 184 valence electrons. The van der Waals surface area contributed by atoms with Crippen molar-refractivity contribution in [2.75, 3.05) is 20.2 Å². The maximum Gasteiger partial charge on any atom is 0.251 e. The molecule has 7 heteroatoms. The summed E-state index contributed by atoms with van der Waals surface area (Å²) in [6.45, 7) is 1.93. The number of carbonyl (C=O) groups excluding carboxylic acids is 2. The number of imidazole rings is 1. The monoisotopic (exact) mass is 482 g/mol. The van der Waals surface area contributed by atoms with Gasteiger partial charge in [0.1, 0.15) is 11.4 Å². The fourth-order valence-corrected chi connectivity index (χ4v) is 4.84. The fourth-order valence-electron chi connectivity index (χ4n) is 4.84. The molecule has 2 aromatic carbocycles. The van der Waals surface area contributed by atoms with Gasteiger partial charge in [0.2, 0.25) is 5.91 Å². The predicted molar refractivity (Wildman–Crippen MR) is 138 cm³/mol. The summed E-state index contributed by atoms with van der Waals surface area (Å²) in [6.07, 6.45) is 7.77. The highest BCUT2D eigenvalue weighted by Crippen LogP contribution is 2.29. The Kier molecular flexibility index (Phi) is 6.98. The molecule has 1 fully saturated rings. The lowest BCUT2D eigenvalue weighted by molar-refractivity contribution is -0.131. The van der Waals surface area contributed by atoms with Crippen molar-refractivity contribution >= 4 is 17.5 Å². The summed E-state index contributed by atoms with van der Waals surface area (Å²) in [5.74, 6) is 1.18. The topological polar surface area (TPSA) is 75.9 Å². The molecule has 4 aromatic rings. The van der Waals surface area contributed by atoms with E-state index in [-0.39, 0.29) is 11.8 Å². The first-order valence-electron chi connectivity index (χ1n) is 12.3. The normalized spacial score (nSPS) is 14.1. The average Bonchev–Trinajstić information content (AvgIpc) is 3.40. The number of methoxy groups -OCH3 is 1. The van der Waals surface area contributed by atoms with E-state index < -0.39 is 0 Å². The second kappa shape index (κ2) is 10.6. The van der Waals surface area contributed by atoms with Gasteiger partial charge in [-0.1, -0.05) is 30.3 Å². The number of fused-ring (bicyclic) bond motifs is 1. The van der Waals surface area contributed by atoms with Crippen LogP contribution in [0, 0.1) is 0 Å². The van der Waals surface area contributed by atoms with Crippen LogP contribution < -0.4 is 10.1 Å². The van der Waals surface area contributed by atoms with Crippen molar-refractivity contribution in [3.8, 4) is 5.75 Å². The van der Waals surface area contributed by atoms with Gasteiger partial charge in [0, 0.05) is 49.4 Å². The number of rotatable bonds is 7. The van der Waals surface area contributed by atoms with Crippen molar-refractivity contribution in [3.63, 3.8) is 0 Å². The van der Waals surface area contributed by atoms with Crippen LogP contribution in [0.1, 0.15) is 45.8 Å². The van der Waals surface area contributed by atoms with Gasteiger partial charge >= 0.3 is 0 Å². The van der Waals surface area contributed by atoms with Gasteiger partial charge in [0.15, 0.2) is 0 Å². The van der Waals surface area contributed by atoms with Crippen LogP contribution in [0.2, 0.25) is 0 Å². The van der Waals surface area contributed by atoms with Gasteiger partial charge < -0.3 is 19.4 Å². The first-order chi connectivity index (χ1) is 17.6. The third-order valence-corrected chi connectivity index (χ3v) is 6.94. The molecule has 3 heterocycles. The number of nitrogens with zero attached hydrogens (tertiary/aromatic N) is 3. The molecule has 0 saturated carbocycles. The number of pyridine rings is 1. The third kappa shape index (κ3) is 5.25. The number of hydrogen-bond donors (Lipinski definition) is 1. The van der Waals surface area contributed by atoms with Gasteiger partial charge in [-0.3, -0.25) is 9.59 Å². The zero-order valence-corrected chi connectivity index (χ0v) is 20.4. The zero-order chi connectivity index (χ0) is 24.9. The Balaban J connectivity index is 1.12. The molecule has 7 nitrogen and oxygen atoms in total. The van der Waals surface area contributed by atoms with E-state index in [1.165, 1.54) is 5.56 Å². The highest BCUT2D eigenvalue weighted by Gasteiger charge is 2.24. The summed E-state index contributed by atoms with van der Waals surface area (Å²) in [5.41, 5.74) is 4.64. The Morgan fingerprint density at radius 2 is 1.81 bits per heavy atom. The minimum absolute atomic E-state index is 0.0958. The lowest BCUT2D eigenvalue weighted by Crippen LogP contribution is -2.38. The molecular weight excluding hydrogens is 452 g/mol. The molecule has 5 rings (SSSR count). The van der Waals surface area contributed by atoms with E-state index in [0.29, 0.717) is 24.4 Å². The second-order valence-electron chi connectivity index (χ2n) is 9.18. The molecule has 1 aliphatic rings. The highest BCUT2D eigenvalue weighted by atomic mass is 16.5. The molecule has 0 bridgehead atoms. The van der Waals surface area contributed by atoms with Crippen LogP contribution in [-0.2, 0) is 17.8 Å². The number of hydrogen-bond acceptors (Lipinski definition) is 4. The fraction of sp³-hybridized carbons (Fsp3) is 0.276. The largest absolute Gasteiger partial charge is 0.496 e. The van der Waals surface area contributed by atoms with Gasteiger partial charge in [-0.2, -0.15) is 0 Å². The molecule has 0 spiro atoms. The van der Waals surface area contributed by atoms with Gasteiger partial charge in [-0.15, -0.1) is 0 Å². The van der Waals surface area contributed by atoms with Crippen LogP contribution in [0.25, 0.3) is 5.65 Å². The molecule has 0 aliphatic carbocycles. The average molecular weight is 483 g/mol. The number of piperidine rings is 1. The number of ether oxygens (including phenoxy) is 1. The van der Waals surface area contributed by atoms with Crippen LogP contribution in [0.4, 0.5) is 0 Å². The summed E-state index contributed by atoms with van der Waals surface area (Å²) in [6, 6.07) is 19.5.